The molecule has 3 N–H and O–H groups in total. The molecule has 0 radical (unpaired) electrons. The van der Waals surface area contributed by atoms with Crippen LogP contribution in [0.15, 0.2) is 54.9 Å². The van der Waals surface area contributed by atoms with E-state index in [0.717, 1.165) is 48.4 Å². The van der Waals surface area contributed by atoms with Crippen LogP contribution in [0.3, 0.4) is 0 Å². The number of benzene rings is 1. The number of pyridine rings is 1. The monoisotopic (exact) mass is 402 g/mol. The van der Waals surface area contributed by atoms with Gasteiger partial charge in [-0.1, -0.05) is 30.3 Å². The fourth-order valence-corrected chi connectivity index (χ4v) is 4.51. The molecular weight excluding hydrogens is 376 g/mol. The molecule has 2 aliphatic rings. The van der Waals surface area contributed by atoms with E-state index in [-0.39, 0.29) is 12.1 Å². The van der Waals surface area contributed by atoms with Crippen LogP contribution < -0.4 is 10.6 Å². The number of nitrogens with zero attached hydrogens (tertiary/aromatic N) is 3. The fraction of sp³-hybridized carbons (Fsp3) is 0.348. The maximum Gasteiger partial charge on any atom is 0.317 e. The lowest BCUT2D eigenvalue weighted by Crippen LogP contribution is -2.52. The standard InChI is InChI=1S/C23H26N6O/c30-23(26-19-12-18(13-25-14-19)16-4-2-1-3-5-16)29-11-8-21-20(15-29)22(28-27-21)17-6-9-24-10-7-17/h1-7,9-10,18-19,25H,8,11-15H2,(H,26,30)(H,27,28). The van der Waals surface area contributed by atoms with Gasteiger partial charge >= 0.3 is 6.03 Å². The predicted molar refractivity (Wildman–Crippen MR) is 115 cm³/mol. The Morgan fingerprint density at radius 2 is 1.93 bits per heavy atom. The quantitative estimate of drug-likeness (QED) is 0.629. The number of hydrogen-bond donors (Lipinski definition) is 3. The molecule has 3 aromatic rings. The molecule has 7 heteroatoms. The summed E-state index contributed by atoms with van der Waals surface area (Å²) in [6.45, 7) is 3.02. The molecule has 0 spiro atoms. The minimum Gasteiger partial charge on any atom is -0.334 e. The first-order valence-corrected chi connectivity index (χ1v) is 10.6. The zero-order chi connectivity index (χ0) is 20.3. The smallest absolute Gasteiger partial charge is 0.317 e. The van der Waals surface area contributed by atoms with Gasteiger partial charge in [-0.15, -0.1) is 0 Å². The molecule has 30 heavy (non-hydrogen) atoms. The van der Waals surface area contributed by atoms with Crippen LogP contribution >= 0.6 is 0 Å². The molecule has 154 valence electrons. The SMILES string of the molecule is O=C(NC1CNCC(c2ccccc2)C1)N1CCc2[nH]nc(-c3ccncc3)c2C1. The highest BCUT2D eigenvalue weighted by Gasteiger charge is 2.29. The summed E-state index contributed by atoms with van der Waals surface area (Å²) >= 11 is 0. The van der Waals surface area contributed by atoms with Gasteiger partial charge in [0.2, 0.25) is 0 Å². The van der Waals surface area contributed by atoms with Crippen LogP contribution in [-0.2, 0) is 13.0 Å². The van der Waals surface area contributed by atoms with Gasteiger partial charge in [0.25, 0.3) is 0 Å². The number of aromatic amines is 1. The Kier molecular flexibility index (Phi) is 5.19. The van der Waals surface area contributed by atoms with Crippen LogP contribution in [0, 0.1) is 0 Å². The first-order valence-electron chi connectivity index (χ1n) is 10.6. The largest absolute Gasteiger partial charge is 0.334 e. The van der Waals surface area contributed by atoms with Crippen LogP contribution in [0.25, 0.3) is 11.3 Å². The van der Waals surface area contributed by atoms with Crippen LogP contribution in [0.1, 0.15) is 29.2 Å². The summed E-state index contributed by atoms with van der Waals surface area (Å²) in [5.74, 6) is 0.422. The minimum atomic E-state index is 0.00281. The molecule has 1 saturated heterocycles. The van der Waals surface area contributed by atoms with Crippen molar-refractivity contribution in [3.05, 3.63) is 71.7 Å². The molecule has 1 fully saturated rings. The second kappa shape index (κ2) is 8.28. The van der Waals surface area contributed by atoms with Gasteiger partial charge in [0, 0.05) is 61.3 Å². The lowest BCUT2D eigenvalue weighted by molar-refractivity contribution is 0.184. The molecule has 2 unspecified atom stereocenters. The molecule has 2 amide bonds. The highest BCUT2D eigenvalue weighted by molar-refractivity contribution is 5.76. The van der Waals surface area contributed by atoms with Crippen molar-refractivity contribution >= 4 is 6.03 Å². The number of piperidine rings is 1. The second-order valence-electron chi connectivity index (χ2n) is 8.08. The van der Waals surface area contributed by atoms with Gasteiger partial charge in [-0.25, -0.2) is 4.79 Å². The van der Waals surface area contributed by atoms with Crippen molar-refractivity contribution < 1.29 is 4.79 Å². The molecule has 7 nitrogen and oxygen atoms in total. The van der Waals surface area contributed by atoms with E-state index in [1.807, 2.05) is 23.1 Å². The third-order valence-corrected chi connectivity index (χ3v) is 6.12. The normalized spacial score (nSPS) is 21.1. The predicted octanol–water partition coefficient (Wildman–Crippen LogP) is 2.69. The van der Waals surface area contributed by atoms with Crippen molar-refractivity contribution in [1.82, 2.24) is 30.7 Å². The minimum absolute atomic E-state index is 0.00281. The Morgan fingerprint density at radius 1 is 1.10 bits per heavy atom. The van der Waals surface area contributed by atoms with Gasteiger partial charge in [0.05, 0.1) is 12.2 Å². The zero-order valence-corrected chi connectivity index (χ0v) is 16.8. The van der Waals surface area contributed by atoms with Gasteiger partial charge in [0.15, 0.2) is 0 Å². The summed E-state index contributed by atoms with van der Waals surface area (Å²) in [7, 11) is 0. The number of H-pyrrole nitrogens is 1. The molecule has 5 rings (SSSR count). The maximum atomic E-state index is 13.0. The van der Waals surface area contributed by atoms with Crippen LogP contribution in [0.4, 0.5) is 4.79 Å². The topological polar surface area (TPSA) is 85.9 Å². The van der Waals surface area contributed by atoms with E-state index in [1.165, 1.54) is 5.56 Å². The highest BCUT2D eigenvalue weighted by atomic mass is 16.2. The molecule has 4 heterocycles. The molecule has 0 aliphatic carbocycles. The Bertz CT molecular complexity index is 1000. The molecular formula is C23H26N6O. The molecule has 0 bridgehead atoms. The summed E-state index contributed by atoms with van der Waals surface area (Å²) in [6, 6.07) is 14.6. The van der Waals surface area contributed by atoms with Gasteiger partial charge in [-0.3, -0.25) is 10.1 Å². The van der Waals surface area contributed by atoms with E-state index < -0.39 is 0 Å². The number of carbonyl (C=O) groups is 1. The van der Waals surface area contributed by atoms with Crippen LogP contribution in [0.2, 0.25) is 0 Å². The van der Waals surface area contributed by atoms with Crippen molar-refractivity contribution in [2.45, 2.75) is 31.3 Å². The van der Waals surface area contributed by atoms with E-state index >= 15 is 0 Å². The summed E-state index contributed by atoms with van der Waals surface area (Å²) < 4.78 is 0. The number of amides is 2. The van der Waals surface area contributed by atoms with Crippen molar-refractivity contribution in [1.29, 1.82) is 0 Å². The highest BCUT2D eigenvalue weighted by Crippen LogP contribution is 2.28. The van der Waals surface area contributed by atoms with E-state index in [2.05, 4.69) is 50.1 Å². The van der Waals surface area contributed by atoms with Crippen molar-refractivity contribution in [2.75, 3.05) is 19.6 Å². The summed E-state index contributed by atoms with van der Waals surface area (Å²) in [5, 5.41) is 14.4. The summed E-state index contributed by atoms with van der Waals surface area (Å²) in [5.41, 5.74) is 5.48. The number of urea groups is 1. The Morgan fingerprint density at radius 3 is 2.77 bits per heavy atom. The lowest BCUT2D eigenvalue weighted by Gasteiger charge is -2.34. The summed E-state index contributed by atoms with van der Waals surface area (Å²) in [4.78, 5) is 19.0. The Labute approximate surface area is 175 Å². The van der Waals surface area contributed by atoms with E-state index in [4.69, 9.17) is 0 Å². The van der Waals surface area contributed by atoms with Crippen LogP contribution in [-0.4, -0.2) is 51.8 Å². The average molecular weight is 403 g/mol. The second-order valence-corrected chi connectivity index (χ2v) is 8.08. The third-order valence-electron chi connectivity index (χ3n) is 6.12. The summed E-state index contributed by atoms with van der Waals surface area (Å²) in [6.07, 6.45) is 5.28. The zero-order valence-electron chi connectivity index (χ0n) is 16.8. The number of hydrogen-bond acceptors (Lipinski definition) is 4. The fourth-order valence-electron chi connectivity index (χ4n) is 4.51. The van der Waals surface area contributed by atoms with E-state index in [9.17, 15) is 4.79 Å². The Balaban J connectivity index is 1.25. The van der Waals surface area contributed by atoms with Gasteiger partial charge in [-0.05, 0) is 30.0 Å². The number of rotatable bonds is 3. The average Bonchev–Trinajstić information content (AvgIpc) is 3.24. The first kappa shape index (κ1) is 18.8. The first-order chi connectivity index (χ1) is 14.8. The maximum absolute atomic E-state index is 13.0. The van der Waals surface area contributed by atoms with Gasteiger partial charge in [0.1, 0.15) is 0 Å². The van der Waals surface area contributed by atoms with Crippen molar-refractivity contribution in [2.24, 2.45) is 0 Å². The number of fused-ring (bicyclic) bond motifs is 1. The molecule has 2 aromatic heterocycles. The number of aromatic nitrogens is 3. The van der Waals surface area contributed by atoms with Gasteiger partial charge < -0.3 is 15.5 Å². The van der Waals surface area contributed by atoms with Gasteiger partial charge in [-0.2, -0.15) is 5.10 Å². The third kappa shape index (κ3) is 3.80. The van der Waals surface area contributed by atoms with E-state index in [0.29, 0.717) is 19.0 Å². The molecule has 0 saturated carbocycles. The van der Waals surface area contributed by atoms with Crippen molar-refractivity contribution in [3.63, 3.8) is 0 Å². The molecule has 1 aromatic carbocycles. The lowest BCUT2D eigenvalue weighted by atomic mass is 9.89. The number of carbonyl (C=O) groups excluding carboxylic acids is 1. The number of nitrogens with one attached hydrogen (secondary N) is 3. The van der Waals surface area contributed by atoms with Crippen molar-refractivity contribution in [3.8, 4) is 11.3 Å². The molecule has 2 atom stereocenters. The Hall–Kier alpha value is -3.19. The van der Waals surface area contributed by atoms with E-state index in [1.54, 1.807) is 12.4 Å². The molecule has 2 aliphatic heterocycles. The van der Waals surface area contributed by atoms with Crippen LogP contribution in [0.5, 0.6) is 0 Å².